The van der Waals surface area contributed by atoms with E-state index in [1.54, 1.807) is 18.4 Å². The minimum absolute atomic E-state index is 0.0437. The van der Waals surface area contributed by atoms with Gasteiger partial charge in [-0.2, -0.15) is 0 Å². The molecule has 0 radical (unpaired) electrons. The van der Waals surface area contributed by atoms with Crippen LogP contribution >= 0.6 is 23.1 Å². The third-order valence-electron chi connectivity index (χ3n) is 3.99. The molecule has 0 saturated heterocycles. The number of thiophene rings is 1. The van der Waals surface area contributed by atoms with Gasteiger partial charge in [-0.1, -0.05) is 17.8 Å². The SMILES string of the molecule is COc1ccc(-c2nnc(SC(C)c3nnc(-c4cccs4)o3)n2C)cc1. The van der Waals surface area contributed by atoms with Gasteiger partial charge in [0.2, 0.25) is 5.89 Å². The highest BCUT2D eigenvalue weighted by molar-refractivity contribution is 7.99. The summed E-state index contributed by atoms with van der Waals surface area (Å²) < 4.78 is 13.0. The highest BCUT2D eigenvalue weighted by Gasteiger charge is 2.20. The highest BCUT2D eigenvalue weighted by atomic mass is 32.2. The fraction of sp³-hybridized carbons (Fsp3) is 0.222. The standard InChI is InChI=1S/C18H17N5O2S2/c1-11(16-20-21-17(25-16)14-5-4-10-26-14)27-18-22-19-15(23(18)2)12-6-8-13(24-3)9-7-12/h4-11H,1-3H3. The Labute approximate surface area is 164 Å². The Morgan fingerprint density at radius 3 is 2.63 bits per heavy atom. The van der Waals surface area contributed by atoms with Crippen molar-refractivity contribution >= 4 is 23.1 Å². The molecule has 1 unspecified atom stereocenters. The van der Waals surface area contributed by atoms with E-state index in [1.165, 1.54) is 11.8 Å². The van der Waals surface area contributed by atoms with Gasteiger partial charge in [-0.05, 0) is 42.6 Å². The molecule has 0 bridgehead atoms. The van der Waals surface area contributed by atoms with Crippen LogP contribution in [0.3, 0.4) is 0 Å². The Hall–Kier alpha value is -2.65. The second kappa shape index (κ2) is 7.53. The van der Waals surface area contributed by atoms with Crippen LogP contribution in [0.2, 0.25) is 0 Å². The summed E-state index contributed by atoms with van der Waals surface area (Å²) in [5.74, 6) is 2.71. The number of methoxy groups -OCH3 is 1. The van der Waals surface area contributed by atoms with Crippen LogP contribution in [0.25, 0.3) is 22.2 Å². The van der Waals surface area contributed by atoms with Crippen LogP contribution < -0.4 is 4.74 Å². The van der Waals surface area contributed by atoms with Gasteiger partial charge in [0.25, 0.3) is 5.89 Å². The number of aromatic nitrogens is 5. The lowest BCUT2D eigenvalue weighted by molar-refractivity contribution is 0.415. The summed E-state index contributed by atoms with van der Waals surface area (Å²) in [4.78, 5) is 0.964. The summed E-state index contributed by atoms with van der Waals surface area (Å²) in [6, 6.07) is 11.7. The van der Waals surface area contributed by atoms with E-state index in [-0.39, 0.29) is 5.25 Å². The van der Waals surface area contributed by atoms with E-state index in [0.717, 1.165) is 27.2 Å². The molecule has 0 amide bonds. The minimum atomic E-state index is -0.0437. The third kappa shape index (κ3) is 3.60. The number of rotatable bonds is 6. The quantitative estimate of drug-likeness (QED) is 0.443. The Kier molecular flexibility index (Phi) is 4.95. The predicted octanol–water partition coefficient (Wildman–Crippen LogP) is 4.46. The van der Waals surface area contributed by atoms with Crippen LogP contribution in [0, 0.1) is 0 Å². The molecule has 7 nitrogen and oxygen atoms in total. The van der Waals surface area contributed by atoms with Gasteiger partial charge < -0.3 is 13.7 Å². The summed E-state index contributed by atoms with van der Waals surface area (Å²) in [6.45, 7) is 2.01. The van der Waals surface area contributed by atoms with Crippen molar-refractivity contribution in [1.82, 2.24) is 25.0 Å². The van der Waals surface area contributed by atoms with E-state index < -0.39 is 0 Å². The maximum atomic E-state index is 5.81. The van der Waals surface area contributed by atoms with Gasteiger partial charge in [-0.25, -0.2) is 0 Å². The van der Waals surface area contributed by atoms with E-state index in [2.05, 4.69) is 20.4 Å². The zero-order valence-electron chi connectivity index (χ0n) is 15.0. The average Bonchev–Trinajstić information content (AvgIpc) is 3.43. The molecule has 27 heavy (non-hydrogen) atoms. The van der Waals surface area contributed by atoms with Crippen molar-refractivity contribution in [3.8, 4) is 27.9 Å². The number of hydrogen-bond acceptors (Lipinski definition) is 8. The molecule has 0 N–H and O–H groups in total. The molecule has 0 fully saturated rings. The molecule has 4 aromatic rings. The summed E-state index contributed by atoms with van der Waals surface area (Å²) in [6.07, 6.45) is 0. The number of hydrogen-bond donors (Lipinski definition) is 0. The highest BCUT2D eigenvalue weighted by Crippen LogP contribution is 2.35. The van der Waals surface area contributed by atoms with Gasteiger partial charge in [0.15, 0.2) is 11.0 Å². The van der Waals surface area contributed by atoms with Crippen molar-refractivity contribution in [3.05, 3.63) is 47.7 Å². The molecule has 0 aliphatic carbocycles. The zero-order chi connectivity index (χ0) is 18.8. The molecule has 1 aromatic carbocycles. The fourth-order valence-corrected chi connectivity index (χ4v) is 4.01. The van der Waals surface area contributed by atoms with Crippen molar-refractivity contribution < 1.29 is 9.15 Å². The van der Waals surface area contributed by atoms with Crippen LogP contribution in [-0.4, -0.2) is 32.1 Å². The van der Waals surface area contributed by atoms with Crippen LogP contribution in [0.5, 0.6) is 5.75 Å². The van der Waals surface area contributed by atoms with Crippen molar-refractivity contribution in [2.45, 2.75) is 17.3 Å². The number of benzene rings is 1. The first-order chi connectivity index (χ1) is 13.2. The van der Waals surface area contributed by atoms with E-state index in [9.17, 15) is 0 Å². The summed E-state index contributed by atoms with van der Waals surface area (Å²) in [7, 11) is 3.59. The molecule has 138 valence electrons. The van der Waals surface area contributed by atoms with E-state index >= 15 is 0 Å². The predicted molar refractivity (Wildman–Crippen MR) is 105 cm³/mol. The molecule has 0 saturated carbocycles. The number of ether oxygens (including phenoxy) is 1. The Morgan fingerprint density at radius 2 is 1.93 bits per heavy atom. The summed E-state index contributed by atoms with van der Waals surface area (Å²) in [5.41, 5.74) is 0.975. The molecule has 1 atom stereocenters. The molecule has 0 spiro atoms. The normalized spacial score (nSPS) is 12.3. The molecule has 0 aliphatic heterocycles. The molecular formula is C18H17N5O2S2. The lowest BCUT2D eigenvalue weighted by Gasteiger charge is -2.07. The molecule has 0 aliphatic rings. The third-order valence-corrected chi connectivity index (χ3v) is 5.97. The minimum Gasteiger partial charge on any atom is -0.497 e. The smallest absolute Gasteiger partial charge is 0.257 e. The average molecular weight is 400 g/mol. The largest absolute Gasteiger partial charge is 0.497 e. The van der Waals surface area contributed by atoms with E-state index in [4.69, 9.17) is 9.15 Å². The van der Waals surface area contributed by atoms with E-state index in [1.807, 2.05) is 60.3 Å². The number of thioether (sulfide) groups is 1. The monoisotopic (exact) mass is 399 g/mol. The second-order valence-electron chi connectivity index (χ2n) is 5.78. The number of nitrogens with zero attached hydrogens (tertiary/aromatic N) is 5. The fourth-order valence-electron chi connectivity index (χ4n) is 2.52. The second-order valence-corrected chi connectivity index (χ2v) is 8.03. The summed E-state index contributed by atoms with van der Waals surface area (Å²) >= 11 is 3.10. The first-order valence-corrected chi connectivity index (χ1v) is 9.99. The molecule has 4 rings (SSSR count). The Morgan fingerprint density at radius 1 is 1.11 bits per heavy atom. The van der Waals surface area contributed by atoms with Crippen molar-refractivity contribution in [3.63, 3.8) is 0 Å². The lowest BCUT2D eigenvalue weighted by Crippen LogP contribution is -1.97. The Balaban J connectivity index is 1.52. The zero-order valence-corrected chi connectivity index (χ0v) is 16.6. The topological polar surface area (TPSA) is 78.9 Å². The molecule has 3 heterocycles. The first-order valence-electron chi connectivity index (χ1n) is 8.23. The maximum absolute atomic E-state index is 5.81. The Bertz CT molecular complexity index is 1020. The van der Waals surface area contributed by atoms with Gasteiger partial charge in [0, 0.05) is 12.6 Å². The lowest BCUT2D eigenvalue weighted by atomic mass is 10.2. The molecular weight excluding hydrogens is 382 g/mol. The van der Waals surface area contributed by atoms with Crippen LogP contribution in [0.1, 0.15) is 18.1 Å². The molecule has 9 heteroatoms. The maximum Gasteiger partial charge on any atom is 0.257 e. The van der Waals surface area contributed by atoms with Crippen molar-refractivity contribution in [2.24, 2.45) is 7.05 Å². The van der Waals surface area contributed by atoms with Gasteiger partial charge in [0.1, 0.15) is 5.75 Å². The van der Waals surface area contributed by atoms with Crippen molar-refractivity contribution in [1.29, 1.82) is 0 Å². The summed E-state index contributed by atoms with van der Waals surface area (Å²) in [5, 5.41) is 19.7. The molecule has 3 aromatic heterocycles. The van der Waals surface area contributed by atoms with E-state index in [0.29, 0.717) is 11.8 Å². The van der Waals surface area contributed by atoms with Gasteiger partial charge in [-0.3, -0.25) is 0 Å². The van der Waals surface area contributed by atoms with Crippen LogP contribution in [0.4, 0.5) is 0 Å². The first kappa shape index (κ1) is 17.7. The van der Waals surface area contributed by atoms with Crippen LogP contribution in [0.15, 0.2) is 51.4 Å². The van der Waals surface area contributed by atoms with Gasteiger partial charge in [-0.15, -0.1) is 31.7 Å². The van der Waals surface area contributed by atoms with Gasteiger partial charge >= 0.3 is 0 Å². The van der Waals surface area contributed by atoms with Gasteiger partial charge in [0.05, 0.1) is 17.2 Å². The van der Waals surface area contributed by atoms with Crippen molar-refractivity contribution in [2.75, 3.05) is 7.11 Å². The van der Waals surface area contributed by atoms with Crippen LogP contribution in [-0.2, 0) is 7.05 Å².